The SMILES string of the molecule is C[C@@H]1CN([C@H](C)CO)C(=O)c2cc(NS(=O)(=O)c3cn(C)cn3)ccc2O[C@H]1CN(C)Cc1ccc(Cl)c(Cl)c1. The summed E-state index contributed by atoms with van der Waals surface area (Å²) in [4.78, 5) is 21.3. The third kappa shape index (κ3) is 6.90. The third-order valence-electron chi connectivity index (χ3n) is 6.80. The summed E-state index contributed by atoms with van der Waals surface area (Å²) in [5, 5.41) is 10.7. The molecule has 2 N–H and O–H groups in total. The number of amides is 1. The quantitative estimate of drug-likeness (QED) is 0.378. The van der Waals surface area contributed by atoms with Gasteiger partial charge in [0.2, 0.25) is 0 Å². The van der Waals surface area contributed by atoms with E-state index in [0.29, 0.717) is 35.4 Å². The summed E-state index contributed by atoms with van der Waals surface area (Å²) in [6, 6.07) is 9.66. The van der Waals surface area contributed by atoms with Gasteiger partial charge in [0.1, 0.15) is 11.9 Å². The Bertz CT molecular complexity index is 1480. The molecule has 3 atom stereocenters. The Hall–Kier alpha value is -2.83. The first-order chi connectivity index (χ1) is 18.9. The van der Waals surface area contributed by atoms with Gasteiger partial charge in [0.15, 0.2) is 5.03 Å². The van der Waals surface area contributed by atoms with Crippen LogP contribution in [0.1, 0.15) is 29.8 Å². The number of anilines is 1. The molecule has 4 rings (SSSR count). The first kappa shape index (κ1) is 30.1. The Balaban J connectivity index is 1.62. The highest BCUT2D eigenvalue weighted by molar-refractivity contribution is 7.92. The Morgan fingerprint density at radius 1 is 1.23 bits per heavy atom. The Morgan fingerprint density at radius 2 is 1.98 bits per heavy atom. The number of rotatable bonds is 9. The van der Waals surface area contributed by atoms with Gasteiger partial charge in [-0.05, 0) is 49.9 Å². The minimum atomic E-state index is -3.97. The molecule has 1 aliphatic heterocycles. The third-order valence-corrected chi connectivity index (χ3v) is 8.81. The number of fused-ring (bicyclic) bond motifs is 1. The predicted octanol–water partition coefficient (Wildman–Crippen LogP) is 3.88. The molecule has 1 aliphatic rings. The number of carbonyl (C=O) groups is 1. The summed E-state index contributed by atoms with van der Waals surface area (Å²) in [6.45, 7) is 5.02. The number of ether oxygens (including phenoxy) is 1. The lowest BCUT2D eigenvalue weighted by Crippen LogP contribution is -2.49. The van der Waals surface area contributed by atoms with Crippen LogP contribution in [0.2, 0.25) is 10.0 Å². The van der Waals surface area contributed by atoms with E-state index in [1.54, 1.807) is 37.1 Å². The molecule has 216 valence electrons. The zero-order valence-corrected chi connectivity index (χ0v) is 25.0. The second-order valence-corrected chi connectivity index (χ2v) is 12.7. The van der Waals surface area contributed by atoms with E-state index in [4.69, 9.17) is 27.9 Å². The maximum Gasteiger partial charge on any atom is 0.280 e. The van der Waals surface area contributed by atoms with Gasteiger partial charge < -0.3 is 19.3 Å². The van der Waals surface area contributed by atoms with E-state index in [1.165, 1.54) is 23.2 Å². The Labute approximate surface area is 244 Å². The standard InChI is InChI=1S/C27H33Cl2N5O5S/c1-17-11-34(18(2)15-35)27(36)21-10-20(31-40(37,38)26-14-33(4)16-30-26)6-8-24(21)39-25(17)13-32(3)12-19-5-7-22(28)23(29)9-19/h5-10,14,16-18,25,31,35H,11-13,15H2,1-4H3/t17-,18-,25+/m1/s1. The molecule has 0 spiro atoms. The van der Waals surface area contributed by atoms with Gasteiger partial charge in [-0.1, -0.05) is 36.2 Å². The number of aromatic nitrogens is 2. The topological polar surface area (TPSA) is 117 Å². The van der Waals surface area contributed by atoms with Crippen molar-refractivity contribution in [3.05, 3.63) is 70.1 Å². The molecular formula is C27H33Cl2N5O5S. The van der Waals surface area contributed by atoms with Gasteiger partial charge >= 0.3 is 0 Å². The normalized spacial score (nSPS) is 18.6. The number of hydrogen-bond donors (Lipinski definition) is 2. The van der Waals surface area contributed by atoms with Gasteiger partial charge in [-0.15, -0.1) is 0 Å². The van der Waals surface area contributed by atoms with Crippen LogP contribution in [0.3, 0.4) is 0 Å². The van der Waals surface area contributed by atoms with Crippen molar-refractivity contribution in [1.82, 2.24) is 19.4 Å². The first-order valence-electron chi connectivity index (χ1n) is 12.7. The minimum absolute atomic E-state index is 0.0790. The average molecular weight is 611 g/mol. The van der Waals surface area contributed by atoms with Crippen LogP contribution >= 0.6 is 23.2 Å². The fourth-order valence-electron chi connectivity index (χ4n) is 4.56. The zero-order chi connectivity index (χ0) is 29.2. The van der Waals surface area contributed by atoms with Crippen LogP contribution in [0.15, 0.2) is 53.9 Å². The summed E-state index contributed by atoms with van der Waals surface area (Å²) in [5.41, 5.74) is 1.39. The van der Waals surface area contributed by atoms with Crippen LogP contribution < -0.4 is 9.46 Å². The number of benzene rings is 2. The number of halogens is 2. The van der Waals surface area contributed by atoms with Crippen LogP contribution in [-0.2, 0) is 23.6 Å². The average Bonchev–Trinajstić information content (AvgIpc) is 3.35. The lowest BCUT2D eigenvalue weighted by Gasteiger charge is -2.38. The van der Waals surface area contributed by atoms with E-state index in [0.717, 1.165) is 5.56 Å². The van der Waals surface area contributed by atoms with E-state index < -0.39 is 16.1 Å². The maximum absolute atomic E-state index is 13.7. The van der Waals surface area contributed by atoms with Crippen molar-refractivity contribution in [3.63, 3.8) is 0 Å². The Morgan fingerprint density at radius 3 is 2.62 bits per heavy atom. The highest BCUT2D eigenvalue weighted by Gasteiger charge is 2.34. The number of likely N-dealkylation sites (N-methyl/N-ethyl adjacent to an activating group) is 1. The number of sulfonamides is 1. The molecule has 2 aromatic carbocycles. The van der Waals surface area contributed by atoms with Crippen molar-refractivity contribution in [2.24, 2.45) is 13.0 Å². The van der Waals surface area contributed by atoms with Crippen LogP contribution in [0.4, 0.5) is 5.69 Å². The molecule has 0 saturated carbocycles. The summed E-state index contributed by atoms with van der Waals surface area (Å²) >= 11 is 12.2. The maximum atomic E-state index is 13.7. The molecule has 0 fully saturated rings. The fourth-order valence-corrected chi connectivity index (χ4v) is 5.91. The fraction of sp³-hybridized carbons (Fsp3) is 0.407. The number of aryl methyl sites for hydroxylation is 1. The van der Waals surface area contributed by atoms with Crippen molar-refractivity contribution in [1.29, 1.82) is 0 Å². The summed E-state index contributed by atoms with van der Waals surface area (Å²) < 4.78 is 36.1. The van der Waals surface area contributed by atoms with Crippen LogP contribution in [0, 0.1) is 5.92 Å². The molecule has 1 aromatic heterocycles. The number of aliphatic hydroxyl groups is 1. The summed E-state index contributed by atoms with van der Waals surface area (Å²) in [7, 11) is -0.335. The molecule has 40 heavy (non-hydrogen) atoms. The molecule has 10 nitrogen and oxygen atoms in total. The van der Waals surface area contributed by atoms with Crippen molar-refractivity contribution < 1.29 is 23.1 Å². The molecule has 2 heterocycles. The zero-order valence-electron chi connectivity index (χ0n) is 22.7. The van der Waals surface area contributed by atoms with Gasteiger partial charge in [-0.3, -0.25) is 14.4 Å². The van der Waals surface area contributed by atoms with Crippen LogP contribution in [0.5, 0.6) is 5.75 Å². The number of aliphatic hydroxyl groups excluding tert-OH is 1. The molecule has 0 radical (unpaired) electrons. The molecule has 13 heteroatoms. The summed E-state index contributed by atoms with van der Waals surface area (Å²) in [6.07, 6.45) is 2.46. The molecule has 0 aliphatic carbocycles. The lowest BCUT2D eigenvalue weighted by atomic mass is 9.99. The Kier molecular flexibility index (Phi) is 9.31. The van der Waals surface area contributed by atoms with E-state index in [2.05, 4.69) is 14.6 Å². The first-order valence-corrected chi connectivity index (χ1v) is 15.0. The van der Waals surface area contributed by atoms with Crippen LogP contribution in [-0.4, -0.2) is 77.7 Å². The number of nitrogens with zero attached hydrogens (tertiary/aromatic N) is 4. The number of hydrogen-bond acceptors (Lipinski definition) is 7. The van der Waals surface area contributed by atoms with Crippen molar-refractivity contribution in [2.45, 2.75) is 37.6 Å². The van der Waals surface area contributed by atoms with Crippen molar-refractivity contribution in [2.75, 3.05) is 31.5 Å². The predicted molar refractivity (Wildman–Crippen MR) is 154 cm³/mol. The monoisotopic (exact) mass is 609 g/mol. The molecular weight excluding hydrogens is 577 g/mol. The summed E-state index contributed by atoms with van der Waals surface area (Å²) in [5.74, 6) is -0.102. The van der Waals surface area contributed by atoms with Gasteiger partial charge in [-0.25, -0.2) is 4.98 Å². The molecule has 1 amide bonds. The smallest absolute Gasteiger partial charge is 0.280 e. The lowest BCUT2D eigenvalue weighted by molar-refractivity contribution is 0.0341. The highest BCUT2D eigenvalue weighted by atomic mass is 35.5. The van der Waals surface area contributed by atoms with E-state index >= 15 is 0 Å². The van der Waals surface area contributed by atoms with Gasteiger partial charge in [0, 0.05) is 44.5 Å². The van der Waals surface area contributed by atoms with Crippen molar-refractivity contribution in [3.8, 4) is 5.75 Å². The van der Waals surface area contributed by atoms with E-state index in [9.17, 15) is 18.3 Å². The van der Waals surface area contributed by atoms with Gasteiger partial charge in [-0.2, -0.15) is 8.42 Å². The van der Waals surface area contributed by atoms with Gasteiger partial charge in [0.25, 0.3) is 15.9 Å². The molecule has 3 aromatic rings. The van der Waals surface area contributed by atoms with E-state index in [1.807, 2.05) is 26.1 Å². The second kappa shape index (κ2) is 12.4. The van der Waals surface area contributed by atoms with Gasteiger partial charge in [0.05, 0.1) is 34.6 Å². The molecule has 0 saturated heterocycles. The molecule has 0 bridgehead atoms. The van der Waals surface area contributed by atoms with Crippen molar-refractivity contribution >= 4 is 44.8 Å². The van der Waals surface area contributed by atoms with E-state index in [-0.39, 0.29) is 40.8 Å². The minimum Gasteiger partial charge on any atom is -0.488 e. The largest absolute Gasteiger partial charge is 0.488 e. The number of imidazole rings is 1. The highest BCUT2D eigenvalue weighted by Crippen LogP contribution is 2.31. The van der Waals surface area contributed by atoms with Crippen LogP contribution in [0.25, 0.3) is 0 Å². The number of carbonyl (C=O) groups excluding carboxylic acids is 1. The molecule has 0 unspecified atom stereocenters. The second-order valence-electron chi connectivity index (χ2n) is 10.3. The number of nitrogens with one attached hydrogen (secondary N) is 1.